The van der Waals surface area contributed by atoms with Crippen molar-refractivity contribution in [3.63, 3.8) is 0 Å². The molecule has 5 unspecified atom stereocenters. The summed E-state index contributed by atoms with van der Waals surface area (Å²) in [6.45, 7) is 10.8. The van der Waals surface area contributed by atoms with Gasteiger partial charge in [-0.1, -0.05) is 38.1 Å². The molecule has 5 atom stereocenters. The number of piperidine rings is 2. The summed E-state index contributed by atoms with van der Waals surface area (Å²) in [6.07, 6.45) is -2.56. The average molecular weight is 818 g/mol. The smallest absolute Gasteiger partial charge is 0.416 e. The summed E-state index contributed by atoms with van der Waals surface area (Å²) >= 11 is 0. The second-order valence-electron chi connectivity index (χ2n) is 17.0. The molecule has 6 rings (SSSR count). The minimum atomic E-state index is -4.67. The van der Waals surface area contributed by atoms with Crippen molar-refractivity contribution >= 4 is 17.8 Å². The number of likely N-dealkylation sites (tertiary alicyclic amines) is 2. The van der Waals surface area contributed by atoms with Crippen molar-refractivity contribution in [2.75, 3.05) is 26.2 Å². The van der Waals surface area contributed by atoms with Gasteiger partial charge in [-0.05, 0) is 124 Å². The summed E-state index contributed by atoms with van der Waals surface area (Å²) in [5, 5.41) is 13.6. The number of benzene rings is 3. The van der Waals surface area contributed by atoms with Gasteiger partial charge in [0.05, 0.1) is 23.6 Å². The maximum Gasteiger partial charge on any atom is 0.416 e. The molecule has 0 bridgehead atoms. The molecule has 2 N–H and O–H groups in total. The van der Waals surface area contributed by atoms with Crippen LogP contribution in [0.4, 0.5) is 31.1 Å². The number of ether oxygens (including phenoxy) is 1. The molecular formula is C44H53F6N3O5. The number of halogens is 6. The molecule has 2 amide bonds. The molecule has 8 nitrogen and oxygen atoms in total. The van der Waals surface area contributed by atoms with E-state index in [0.29, 0.717) is 44.8 Å². The Kier molecular flexibility index (Phi) is 14.0. The van der Waals surface area contributed by atoms with Crippen molar-refractivity contribution in [1.29, 1.82) is 0 Å². The lowest BCUT2D eigenvalue weighted by molar-refractivity contribution is -0.137. The highest BCUT2D eigenvalue weighted by Crippen LogP contribution is 2.47. The Balaban J connectivity index is 0.000000258. The fourth-order valence-electron chi connectivity index (χ4n) is 8.37. The first kappa shape index (κ1) is 44.7. The molecule has 14 heteroatoms. The number of rotatable bonds is 7. The van der Waals surface area contributed by atoms with Crippen LogP contribution in [0.2, 0.25) is 0 Å². The maximum absolute atomic E-state index is 13.8. The Labute approximate surface area is 335 Å². The molecule has 3 aliphatic rings. The van der Waals surface area contributed by atoms with Crippen LogP contribution in [-0.2, 0) is 27.0 Å². The van der Waals surface area contributed by atoms with Crippen LogP contribution in [-0.4, -0.2) is 76.6 Å². The van der Waals surface area contributed by atoms with Gasteiger partial charge < -0.3 is 20.1 Å². The number of nitrogens with zero attached hydrogens (tertiary/aromatic N) is 2. The normalized spacial score (nSPS) is 24.3. The Morgan fingerprint density at radius 2 is 1.50 bits per heavy atom. The molecule has 3 aromatic carbocycles. The van der Waals surface area contributed by atoms with Gasteiger partial charge in [0.15, 0.2) is 5.78 Å². The highest BCUT2D eigenvalue weighted by Gasteiger charge is 2.49. The second-order valence-corrected chi connectivity index (χ2v) is 17.0. The minimum absolute atomic E-state index is 0.0163. The molecule has 2 saturated heterocycles. The molecule has 3 fully saturated rings. The van der Waals surface area contributed by atoms with Crippen molar-refractivity contribution in [2.45, 2.75) is 109 Å². The number of amides is 2. The number of aliphatic hydroxyl groups is 1. The first-order chi connectivity index (χ1) is 27.1. The van der Waals surface area contributed by atoms with E-state index in [4.69, 9.17) is 4.74 Å². The van der Waals surface area contributed by atoms with Crippen molar-refractivity contribution in [2.24, 2.45) is 11.3 Å². The highest BCUT2D eigenvalue weighted by atomic mass is 19.4. The van der Waals surface area contributed by atoms with Crippen LogP contribution in [0.25, 0.3) is 0 Å². The lowest BCUT2D eigenvalue weighted by atomic mass is 9.74. The Bertz CT molecular complexity index is 1900. The largest absolute Gasteiger partial charge is 0.444 e. The van der Waals surface area contributed by atoms with Gasteiger partial charge in [-0.25, -0.2) is 18.0 Å². The van der Waals surface area contributed by atoms with Crippen LogP contribution in [0.15, 0.2) is 66.7 Å². The van der Waals surface area contributed by atoms with E-state index in [2.05, 4.69) is 10.2 Å². The molecule has 1 saturated carbocycles. The van der Waals surface area contributed by atoms with Gasteiger partial charge in [-0.15, -0.1) is 0 Å². The molecule has 58 heavy (non-hydrogen) atoms. The zero-order valence-corrected chi connectivity index (χ0v) is 33.6. The third-order valence-electron chi connectivity index (χ3n) is 11.6. The van der Waals surface area contributed by atoms with Crippen LogP contribution in [0.1, 0.15) is 101 Å². The number of hydrogen-bond donors (Lipinski definition) is 2. The van der Waals surface area contributed by atoms with E-state index >= 15 is 0 Å². The topological polar surface area (TPSA) is 99.2 Å². The third kappa shape index (κ3) is 11.2. The van der Waals surface area contributed by atoms with Gasteiger partial charge in [-0.3, -0.25) is 14.5 Å². The number of β-amino-alcohol motifs (C(OH)–C–C–N with tert-alkyl or cyclic N) is 1. The van der Waals surface area contributed by atoms with Gasteiger partial charge in [0.2, 0.25) is 5.91 Å². The fourth-order valence-corrected chi connectivity index (χ4v) is 8.37. The number of alkyl halides is 3. The summed E-state index contributed by atoms with van der Waals surface area (Å²) in [5.41, 5.74) is -0.608. The lowest BCUT2D eigenvalue weighted by Gasteiger charge is -2.40. The van der Waals surface area contributed by atoms with Crippen molar-refractivity contribution < 1.29 is 50.6 Å². The van der Waals surface area contributed by atoms with Crippen molar-refractivity contribution in [3.05, 3.63) is 106 Å². The van der Waals surface area contributed by atoms with E-state index in [1.807, 2.05) is 13.8 Å². The van der Waals surface area contributed by atoms with Crippen LogP contribution < -0.4 is 5.32 Å². The van der Waals surface area contributed by atoms with Crippen LogP contribution in [0.3, 0.4) is 0 Å². The monoisotopic (exact) mass is 817 g/mol. The van der Waals surface area contributed by atoms with E-state index in [0.717, 1.165) is 36.2 Å². The van der Waals surface area contributed by atoms with Crippen molar-refractivity contribution in [3.8, 4) is 0 Å². The molecule has 1 aliphatic carbocycles. The Hall–Kier alpha value is -4.43. The van der Waals surface area contributed by atoms with Gasteiger partial charge in [0.1, 0.15) is 23.1 Å². The first-order valence-electron chi connectivity index (χ1n) is 19.7. The van der Waals surface area contributed by atoms with E-state index in [1.54, 1.807) is 45.0 Å². The van der Waals surface area contributed by atoms with Crippen LogP contribution in [0.5, 0.6) is 0 Å². The van der Waals surface area contributed by atoms with Crippen molar-refractivity contribution in [1.82, 2.24) is 15.1 Å². The number of aliphatic hydroxyl groups excluding tert-OH is 1. The van der Waals surface area contributed by atoms with Gasteiger partial charge in [0.25, 0.3) is 0 Å². The number of hydrogen-bond acceptors (Lipinski definition) is 6. The second kappa shape index (κ2) is 18.2. The molecule has 0 aromatic heterocycles. The highest BCUT2D eigenvalue weighted by molar-refractivity contribution is 5.91. The number of Topliss-reactive ketones (excluding diaryl/α,β-unsaturated/α-hetero) is 1. The van der Waals surface area contributed by atoms with Gasteiger partial charge >= 0.3 is 12.3 Å². The number of carbonyl (C=O) groups excluding carboxylic acids is 3. The predicted octanol–water partition coefficient (Wildman–Crippen LogP) is 8.76. The molecule has 2 aliphatic heterocycles. The predicted molar refractivity (Wildman–Crippen MR) is 206 cm³/mol. The van der Waals surface area contributed by atoms with E-state index in [-0.39, 0.29) is 65.8 Å². The summed E-state index contributed by atoms with van der Waals surface area (Å²) < 4.78 is 84.4. The van der Waals surface area contributed by atoms with E-state index in [1.165, 1.54) is 29.2 Å². The van der Waals surface area contributed by atoms with E-state index in [9.17, 15) is 45.8 Å². The number of nitrogens with one attached hydrogen (secondary N) is 1. The maximum atomic E-state index is 13.8. The molecule has 3 aromatic rings. The molecular weight excluding hydrogens is 764 g/mol. The standard InChI is InChI=1S/C28H33F5N2O2.C16H20FNO3/c1-17(2)27(26(37)34-15-18-11-20(28(31,32)33)13-22(30)12-18)9-7-23(14-27)35-10-8-24(25(36)16-35)19-3-5-21(29)6-4-19;1-16(2,3)21-15(20)18-9-8-13(14(19)10-18)11-4-6-12(17)7-5-11/h3-6,11-13,17,23-25,36H,7-10,14-16H2,1-2H3,(H,34,37);4-7,13H,8-10H2,1-3H3. The lowest BCUT2D eigenvalue weighted by Crippen LogP contribution is -2.48. The van der Waals surface area contributed by atoms with Crippen LogP contribution in [0, 0.1) is 28.8 Å². The third-order valence-corrected chi connectivity index (χ3v) is 11.6. The first-order valence-corrected chi connectivity index (χ1v) is 19.7. The zero-order chi connectivity index (χ0) is 42.6. The van der Waals surface area contributed by atoms with Crippen LogP contribution >= 0.6 is 0 Å². The molecule has 0 spiro atoms. The molecule has 0 radical (unpaired) electrons. The quantitative estimate of drug-likeness (QED) is 0.232. The Morgan fingerprint density at radius 3 is 2.05 bits per heavy atom. The summed E-state index contributed by atoms with van der Waals surface area (Å²) in [4.78, 5) is 41.2. The zero-order valence-electron chi connectivity index (χ0n) is 33.6. The molecule has 316 valence electrons. The van der Waals surface area contributed by atoms with E-state index < -0.39 is 40.8 Å². The Morgan fingerprint density at radius 1 is 0.879 bits per heavy atom. The van der Waals surface area contributed by atoms with Gasteiger partial charge in [0, 0.05) is 37.5 Å². The number of ketones is 1. The van der Waals surface area contributed by atoms with Gasteiger partial charge in [-0.2, -0.15) is 13.2 Å². The summed E-state index contributed by atoms with van der Waals surface area (Å²) in [5.74, 6) is -2.30. The summed E-state index contributed by atoms with van der Waals surface area (Å²) in [6, 6.07) is 14.5. The average Bonchev–Trinajstić information content (AvgIpc) is 3.61. The summed E-state index contributed by atoms with van der Waals surface area (Å²) in [7, 11) is 0. The fraction of sp³-hybridized carbons (Fsp3) is 0.523. The molecule has 2 heterocycles. The minimum Gasteiger partial charge on any atom is -0.444 e. The number of carbonyl (C=O) groups is 3. The SMILES string of the molecule is CC(C)(C)OC(=O)N1CCC(c2ccc(F)cc2)C(=O)C1.CC(C)C1(C(=O)NCc2cc(F)cc(C(F)(F)F)c2)CCC(N2CCC(c3ccc(F)cc3)C(O)C2)C1.